The number of H-pyrrole nitrogens is 1. The Labute approximate surface area is 223 Å². The van der Waals surface area contributed by atoms with Crippen molar-refractivity contribution in [3.8, 4) is 17.3 Å². The lowest BCUT2D eigenvalue weighted by Gasteiger charge is -2.38. The van der Waals surface area contributed by atoms with E-state index in [2.05, 4.69) is 30.3 Å². The zero-order valence-electron chi connectivity index (χ0n) is 21.4. The van der Waals surface area contributed by atoms with Gasteiger partial charge >= 0.3 is 0 Å². The summed E-state index contributed by atoms with van der Waals surface area (Å²) < 4.78 is 26.6. The Hall–Kier alpha value is -4.77. The number of fused-ring (bicyclic) bond motifs is 1. The highest BCUT2D eigenvalue weighted by molar-refractivity contribution is 6.03. The summed E-state index contributed by atoms with van der Waals surface area (Å²) in [5.74, 6) is 1.54. The van der Waals surface area contributed by atoms with Crippen LogP contribution in [0.25, 0.3) is 22.6 Å². The van der Waals surface area contributed by atoms with Gasteiger partial charge in [0.15, 0.2) is 17.5 Å². The van der Waals surface area contributed by atoms with Crippen LogP contribution in [0.3, 0.4) is 0 Å². The number of amides is 1. The highest BCUT2D eigenvalue weighted by Gasteiger charge is 2.27. The molecule has 11 heteroatoms. The van der Waals surface area contributed by atoms with E-state index in [-0.39, 0.29) is 17.5 Å². The summed E-state index contributed by atoms with van der Waals surface area (Å²) in [6, 6.07) is 17.6. The first kappa shape index (κ1) is 24.6. The molecule has 4 heterocycles. The Morgan fingerprint density at radius 3 is 2.64 bits per heavy atom. The quantitative estimate of drug-likeness (QED) is 0.313. The average Bonchev–Trinajstić information content (AvgIpc) is 3.53. The first-order chi connectivity index (χ1) is 19.0. The number of carbonyl (C=O) groups excluding carboxylic acids is 1. The number of pyridine rings is 1. The number of anilines is 2. The average molecular weight is 528 g/mol. The fraction of sp³-hybridized carbons (Fsp3) is 0.214. The van der Waals surface area contributed by atoms with Gasteiger partial charge in [0.2, 0.25) is 0 Å². The van der Waals surface area contributed by atoms with Crippen LogP contribution in [0.15, 0.2) is 66.9 Å². The Morgan fingerprint density at radius 2 is 1.95 bits per heavy atom. The lowest BCUT2D eigenvalue weighted by atomic mass is 10.1. The molecule has 0 bridgehead atoms. The van der Waals surface area contributed by atoms with E-state index in [0.717, 1.165) is 30.2 Å². The molecular formula is C28H26FN7O3. The maximum absolute atomic E-state index is 14.4. The second-order valence-electron chi connectivity index (χ2n) is 9.26. The fourth-order valence-corrected chi connectivity index (χ4v) is 4.48. The molecule has 1 aliphatic rings. The lowest BCUT2D eigenvalue weighted by Crippen LogP contribution is -2.52. The van der Waals surface area contributed by atoms with Crippen molar-refractivity contribution in [3.63, 3.8) is 0 Å². The van der Waals surface area contributed by atoms with Gasteiger partial charge in [-0.25, -0.2) is 14.4 Å². The molecule has 0 radical (unpaired) electrons. The Morgan fingerprint density at radius 1 is 1.13 bits per heavy atom. The number of para-hydroxylation sites is 1. The van der Waals surface area contributed by atoms with E-state index in [1.165, 1.54) is 6.07 Å². The number of rotatable bonds is 8. The third kappa shape index (κ3) is 4.91. The van der Waals surface area contributed by atoms with Crippen LogP contribution in [0.1, 0.15) is 15.9 Å². The zero-order chi connectivity index (χ0) is 26.9. The molecule has 0 atom stereocenters. The number of imidazole rings is 1. The van der Waals surface area contributed by atoms with Gasteiger partial charge in [0, 0.05) is 32.5 Å². The number of hydrogen-bond donors (Lipinski definition) is 2. The topological polar surface area (TPSA) is 110 Å². The van der Waals surface area contributed by atoms with Crippen LogP contribution in [-0.2, 0) is 11.3 Å². The molecule has 1 saturated heterocycles. The van der Waals surface area contributed by atoms with Crippen LogP contribution in [-0.4, -0.2) is 64.1 Å². The Kier molecular flexibility index (Phi) is 6.41. The molecule has 0 saturated carbocycles. The Balaban J connectivity index is 1.27. The largest absolute Gasteiger partial charge is 0.497 e. The highest BCUT2D eigenvalue weighted by Crippen LogP contribution is 2.26. The van der Waals surface area contributed by atoms with Gasteiger partial charge in [0.05, 0.1) is 30.8 Å². The van der Waals surface area contributed by atoms with Crippen molar-refractivity contribution in [2.24, 2.45) is 0 Å². The first-order valence-electron chi connectivity index (χ1n) is 12.4. The summed E-state index contributed by atoms with van der Waals surface area (Å²) in [5.41, 5.74) is 2.76. The van der Waals surface area contributed by atoms with Gasteiger partial charge in [0.25, 0.3) is 5.91 Å². The zero-order valence-corrected chi connectivity index (χ0v) is 21.4. The predicted molar refractivity (Wildman–Crippen MR) is 145 cm³/mol. The summed E-state index contributed by atoms with van der Waals surface area (Å²) in [5, 5.41) is 7.48. The van der Waals surface area contributed by atoms with Crippen LogP contribution < -0.4 is 15.0 Å². The maximum Gasteiger partial charge on any atom is 0.258 e. The number of nitrogens with zero attached hydrogens (tertiary/aromatic N) is 5. The van der Waals surface area contributed by atoms with Gasteiger partial charge in [-0.3, -0.25) is 9.48 Å². The molecule has 3 aromatic heterocycles. The highest BCUT2D eigenvalue weighted by atomic mass is 19.1. The number of methoxy groups -OCH3 is 2. The monoisotopic (exact) mass is 527 g/mol. The van der Waals surface area contributed by atoms with Gasteiger partial charge in [-0.15, -0.1) is 0 Å². The minimum Gasteiger partial charge on any atom is -0.497 e. The van der Waals surface area contributed by atoms with Gasteiger partial charge in [0.1, 0.15) is 22.8 Å². The molecule has 0 aliphatic carbocycles. The van der Waals surface area contributed by atoms with E-state index in [4.69, 9.17) is 9.47 Å². The normalized spacial score (nSPS) is 13.5. The van der Waals surface area contributed by atoms with Crippen LogP contribution in [0.5, 0.6) is 5.75 Å². The molecule has 0 unspecified atom stereocenters. The number of benzene rings is 2. The van der Waals surface area contributed by atoms with Crippen molar-refractivity contribution in [2.75, 3.05) is 37.5 Å². The molecule has 1 fully saturated rings. The number of ether oxygens (including phenoxy) is 2. The van der Waals surface area contributed by atoms with E-state index in [0.29, 0.717) is 35.0 Å². The molecule has 39 heavy (non-hydrogen) atoms. The summed E-state index contributed by atoms with van der Waals surface area (Å²) in [6.07, 6.45) is 1.75. The molecule has 2 aromatic carbocycles. The number of hydrogen-bond acceptors (Lipinski definition) is 7. The minimum atomic E-state index is -0.420. The van der Waals surface area contributed by atoms with Crippen molar-refractivity contribution < 1.29 is 18.7 Å². The van der Waals surface area contributed by atoms with Crippen LogP contribution in [0.4, 0.5) is 16.0 Å². The maximum atomic E-state index is 14.4. The molecule has 1 amide bonds. The van der Waals surface area contributed by atoms with E-state index in [1.807, 2.05) is 30.3 Å². The summed E-state index contributed by atoms with van der Waals surface area (Å²) in [4.78, 5) is 27.2. The molecule has 198 valence electrons. The standard InChI is InChI=1S/C28H26FN7O3/c1-38-19-9-6-17(7-10-19)14-36-23(27-31-22-5-3-4-21(29)26(22)33-27)12-24(34-36)32-28(37)18-8-11-25(30-13-18)35-15-20(16-35)39-2/h3-13,20H,14-16H2,1-2H3,(H,31,33)(H,32,34,37). The van der Waals surface area contributed by atoms with E-state index in [9.17, 15) is 9.18 Å². The molecule has 1 aliphatic heterocycles. The minimum absolute atomic E-state index is 0.209. The van der Waals surface area contributed by atoms with E-state index >= 15 is 0 Å². The van der Waals surface area contributed by atoms with E-state index < -0.39 is 5.82 Å². The summed E-state index contributed by atoms with van der Waals surface area (Å²) in [7, 11) is 3.31. The predicted octanol–water partition coefficient (Wildman–Crippen LogP) is 4.10. The second-order valence-corrected chi connectivity index (χ2v) is 9.26. The van der Waals surface area contributed by atoms with E-state index in [1.54, 1.807) is 49.4 Å². The second kappa shape index (κ2) is 10.2. The smallest absolute Gasteiger partial charge is 0.258 e. The van der Waals surface area contributed by atoms with Crippen molar-refractivity contribution in [1.82, 2.24) is 24.7 Å². The molecular weight excluding hydrogens is 501 g/mol. The molecule has 6 rings (SSSR count). The van der Waals surface area contributed by atoms with Crippen molar-refractivity contribution in [2.45, 2.75) is 12.6 Å². The molecule has 2 N–H and O–H groups in total. The number of nitrogens with one attached hydrogen (secondary N) is 2. The van der Waals surface area contributed by atoms with Crippen LogP contribution >= 0.6 is 0 Å². The SMILES string of the molecule is COc1ccc(Cn2nc(NC(=O)c3ccc(N4CC(OC)C4)nc3)cc2-c2nc3c(F)cccc3[nH]2)cc1. The number of carbonyl (C=O) groups is 1. The van der Waals surface area contributed by atoms with Gasteiger partial charge in [-0.05, 0) is 42.0 Å². The molecule has 10 nitrogen and oxygen atoms in total. The third-order valence-corrected chi connectivity index (χ3v) is 6.73. The number of halogens is 1. The Bertz CT molecular complexity index is 1620. The van der Waals surface area contributed by atoms with Crippen LogP contribution in [0, 0.1) is 5.82 Å². The van der Waals surface area contributed by atoms with Crippen molar-refractivity contribution in [3.05, 3.63) is 83.8 Å². The van der Waals surface area contributed by atoms with Gasteiger partial charge in [-0.2, -0.15) is 5.10 Å². The summed E-state index contributed by atoms with van der Waals surface area (Å²) in [6.45, 7) is 1.94. The van der Waals surface area contributed by atoms with Crippen molar-refractivity contribution >= 4 is 28.6 Å². The number of aromatic amines is 1. The molecule has 0 spiro atoms. The third-order valence-electron chi connectivity index (χ3n) is 6.73. The summed E-state index contributed by atoms with van der Waals surface area (Å²) >= 11 is 0. The van der Waals surface area contributed by atoms with Crippen LogP contribution in [0.2, 0.25) is 0 Å². The van der Waals surface area contributed by atoms with Gasteiger partial charge < -0.3 is 24.7 Å². The van der Waals surface area contributed by atoms with Crippen molar-refractivity contribution in [1.29, 1.82) is 0 Å². The number of aromatic nitrogens is 5. The fourth-order valence-electron chi connectivity index (χ4n) is 4.48. The first-order valence-corrected chi connectivity index (χ1v) is 12.4. The molecule has 5 aromatic rings. The van der Waals surface area contributed by atoms with Gasteiger partial charge in [-0.1, -0.05) is 18.2 Å². The lowest BCUT2D eigenvalue weighted by molar-refractivity contribution is 0.0783.